The second kappa shape index (κ2) is 8.99. The van der Waals surface area contributed by atoms with Crippen molar-refractivity contribution in [1.29, 1.82) is 0 Å². The molecule has 1 aromatic carbocycles. The molecule has 1 aliphatic carbocycles. The summed E-state index contributed by atoms with van der Waals surface area (Å²) in [6, 6.07) is 7.52. The largest absolute Gasteiger partial charge is 0.352 e. The summed E-state index contributed by atoms with van der Waals surface area (Å²) in [5.74, 6) is 1.03. The molecule has 0 radical (unpaired) electrons. The average molecular weight is 343 g/mol. The van der Waals surface area contributed by atoms with E-state index in [1.165, 1.54) is 19.3 Å². The van der Waals surface area contributed by atoms with E-state index in [1.807, 2.05) is 24.3 Å². The zero-order valence-electron chi connectivity index (χ0n) is 14.9. The van der Waals surface area contributed by atoms with Gasteiger partial charge in [0.1, 0.15) is 0 Å². The van der Waals surface area contributed by atoms with Crippen LogP contribution in [0.4, 0.5) is 0 Å². The minimum Gasteiger partial charge on any atom is -0.352 e. The first kappa shape index (κ1) is 17.9. The van der Waals surface area contributed by atoms with E-state index < -0.39 is 0 Å². The lowest BCUT2D eigenvalue weighted by atomic mass is 10.1. The number of hydrogen-bond acceptors (Lipinski definition) is 3. The second-order valence-electron chi connectivity index (χ2n) is 7.30. The van der Waals surface area contributed by atoms with Gasteiger partial charge in [0.25, 0.3) is 5.91 Å². The van der Waals surface area contributed by atoms with Crippen LogP contribution in [0.15, 0.2) is 24.3 Å². The number of amides is 2. The standard InChI is InChI=1S/C20H29N3O2/c24-19(22-12-10-16-9-11-21-13-16)18-7-5-15(6-8-18)14-23-20(25)17-3-1-2-4-17/h5-8,16-17,21H,1-4,9-14H2,(H,22,24)(H,23,25). The van der Waals surface area contributed by atoms with Crippen molar-refractivity contribution in [2.45, 2.75) is 45.1 Å². The fraction of sp³-hybridized carbons (Fsp3) is 0.600. The van der Waals surface area contributed by atoms with Crippen molar-refractivity contribution in [3.63, 3.8) is 0 Å². The third-order valence-corrected chi connectivity index (χ3v) is 5.41. The van der Waals surface area contributed by atoms with Gasteiger partial charge in [0.05, 0.1) is 0 Å². The maximum absolute atomic E-state index is 12.2. The number of benzene rings is 1. The Morgan fingerprint density at radius 3 is 2.48 bits per heavy atom. The molecule has 2 fully saturated rings. The van der Waals surface area contributed by atoms with Crippen molar-refractivity contribution in [3.05, 3.63) is 35.4 Å². The number of rotatable bonds is 7. The molecular weight excluding hydrogens is 314 g/mol. The van der Waals surface area contributed by atoms with Gasteiger partial charge < -0.3 is 16.0 Å². The molecule has 0 spiro atoms. The van der Waals surface area contributed by atoms with E-state index in [0.29, 0.717) is 18.0 Å². The zero-order chi connectivity index (χ0) is 17.5. The highest BCUT2D eigenvalue weighted by Gasteiger charge is 2.22. The van der Waals surface area contributed by atoms with Crippen molar-refractivity contribution in [2.24, 2.45) is 11.8 Å². The number of nitrogens with one attached hydrogen (secondary N) is 3. The third-order valence-electron chi connectivity index (χ3n) is 5.41. The Hall–Kier alpha value is -1.88. The predicted octanol–water partition coefficient (Wildman–Crippen LogP) is 2.22. The van der Waals surface area contributed by atoms with E-state index in [2.05, 4.69) is 16.0 Å². The zero-order valence-corrected chi connectivity index (χ0v) is 14.9. The van der Waals surface area contributed by atoms with Crippen LogP contribution in [-0.2, 0) is 11.3 Å². The topological polar surface area (TPSA) is 70.2 Å². The van der Waals surface area contributed by atoms with Crippen LogP contribution in [0.1, 0.15) is 54.4 Å². The van der Waals surface area contributed by atoms with Gasteiger partial charge >= 0.3 is 0 Å². The fourth-order valence-electron chi connectivity index (χ4n) is 3.75. The van der Waals surface area contributed by atoms with Gasteiger partial charge in [-0.2, -0.15) is 0 Å². The summed E-state index contributed by atoms with van der Waals surface area (Å²) in [5, 5.41) is 9.35. The van der Waals surface area contributed by atoms with Crippen molar-refractivity contribution >= 4 is 11.8 Å². The van der Waals surface area contributed by atoms with Crippen LogP contribution in [0, 0.1) is 11.8 Å². The van der Waals surface area contributed by atoms with Gasteiger partial charge in [0, 0.05) is 24.6 Å². The van der Waals surface area contributed by atoms with E-state index in [-0.39, 0.29) is 17.7 Å². The first-order valence-corrected chi connectivity index (χ1v) is 9.58. The molecule has 136 valence electrons. The van der Waals surface area contributed by atoms with E-state index in [9.17, 15) is 9.59 Å². The van der Waals surface area contributed by atoms with Crippen molar-refractivity contribution in [1.82, 2.24) is 16.0 Å². The lowest BCUT2D eigenvalue weighted by molar-refractivity contribution is -0.124. The molecule has 2 aliphatic rings. The summed E-state index contributed by atoms with van der Waals surface area (Å²) in [7, 11) is 0. The minimum atomic E-state index is -0.0208. The average Bonchev–Trinajstić information content (AvgIpc) is 3.34. The van der Waals surface area contributed by atoms with Crippen LogP contribution in [0.2, 0.25) is 0 Å². The van der Waals surface area contributed by atoms with Gasteiger partial charge in [-0.15, -0.1) is 0 Å². The van der Waals surface area contributed by atoms with Crippen molar-refractivity contribution in [2.75, 3.05) is 19.6 Å². The number of hydrogen-bond donors (Lipinski definition) is 3. The third kappa shape index (κ3) is 5.30. The highest BCUT2D eigenvalue weighted by atomic mass is 16.2. The first-order valence-electron chi connectivity index (χ1n) is 9.58. The molecule has 0 aromatic heterocycles. The maximum Gasteiger partial charge on any atom is 0.251 e. The summed E-state index contributed by atoms with van der Waals surface area (Å²) in [6.45, 7) is 3.42. The fourth-order valence-corrected chi connectivity index (χ4v) is 3.75. The Balaban J connectivity index is 1.39. The normalized spacial score (nSPS) is 20.6. The van der Waals surface area contributed by atoms with Gasteiger partial charge in [-0.1, -0.05) is 25.0 Å². The van der Waals surface area contributed by atoms with E-state index in [4.69, 9.17) is 0 Å². The van der Waals surface area contributed by atoms with Gasteiger partial charge in [-0.05, 0) is 62.4 Å². The second-order valence-corrected chi connectivity index (χ2v) is 7.30. The number of carbonyl (C=O) groups excluding carboxylic acids is 2. The molecule has 1 saturated carbocycles. The SMILES string of the molecule is O=C(NCCC1CCNC1)c1ccc(CNC(=O)C2CCCC2)cc1. The van der Waals surface area contributed by atoms with E-state index in [0.717, 1.165) is 44.5 Å². The monoisotopic (exact) mass is 343 g/mol. The van der Waals surface area contributed by atoms with E-state index in [1.54, 1.807) is 0 Å². The molecule has 1 aliphatic heterocycles. The molecule has 5 nitrogen and oxygen atoms in total. The molecule has 1 aromatic rings. The Morgan fingerprint density at radius 2 is 1.80 bits per heavy atom. The summed E-state index contributed by atoms with van der Waals surface area (Å²) < 4.78 is 0. The summed E-state index contributed by atoms with van der Waals surface area (Å²) in [6.07, 6.45) is 6.60. The predicted molar refractivity (Wildman–Crippen MR) is 98.2 cm³/mol. The van der Waals surface area contributed by atoms with Gasteiger partial charge in [0.15, 0.2) is 0 Å². The summed E-state index contributed by atoms with van der Waals surface area (Å²) >= 11 is 0. The Bertz CT molecular complexity index is 573. The molecule has 25 heavy (non-hydrogen) atoms. The molecule has 0 bridgehead atoms. The Kier molecular flexibility index (Phi) is 6.45. The molecule has 1 atom stereocenters. The molecule has 3 N–H and O–H groups in total. The molecule has 1 heterocycles. The Labute approximate surface area is 150 Å². The van der Waals surface area contributed by atoms with Crippen molar-refractivity contribution < 1.29 is 9.59 Å². The highest BCUT2D eigenvalue weighted by Crippen LogP contribution is 2.24. The lowest BCUT2D eigenvalue weighted by Crippen LogP contribution is -2.29. The summed E-state index contributed by atoms with van der Waals surface area (Å²) in [5.41, 5.74) is 1.70. The molecule has 1 saturated heterocycles. The molecule has 1 unspecified atom stereocenters. The highest BCUT2D eigenvalue weighted by molar-refractivity contribution is 5.94. The quantitative estimate of drug-likeness (QED) is 0.711. The first-order chi connectivity index (χ1) is 12.2. The van der Waals surface area contributed by atoms with Crippen LogP contribution in [0.3, 0.4) is 0 Å². The molecule has 2 amide bonds. The molecular formula is C20H29N3O2. The molecule has 3 rings (SSSR count). The van der Waals surface area contributed by atoms with Gasteiger partial charge in [0.2, 0.25) is 5.91 Å². The molecule has 5 heteroatoms. The van der Waals surface area contributed by atoms with E-state index >= 15 is 0 Å². The minimum absolute atomic E-state index is 0.0208. The van der Waals surface area contributed by atoms with Gasteiger partial charge in [-0.3, -0.25) is 9.59 Å². The van der Waals surface area contributed by atoms with Crippen LogP contribution in [-0.4, -0.2) is 31.4 Å². The Morgan fingerprint density at radius 1 is 1.04 bits per heavy atom. The lowest BCUT2D eigenvalue weighted by Gasteiger charge is -2.11. The maximum atomic E-state index is 12.2. The van der Waals surface area contributed by atoms with Crippen LogP contribution < -0.4 is 16.0 Å². The smallest absolute Gasteiger partial charge is 0.251 e. The van der Waals surface area contributed by atoms with Crippen molar-refractivity contribution in [3.8, 4) is 0 Å². The van der Waals surface area contributed by atoms with Crippen LogP contribution in [0.25, 0.3) is 0 Å². The number of carbonyl (C=O) groups is 2. The van der Waals surface area contributed by atoms with Crippen LogP contribution in [0.5, 0.6) is 0 Å². The van der Waals surface area contributed by atoms with Gasteiger partial charge in [-0.25, -0.2) is 0 Å². The summed E-state index contributed by atoms with van der Waals surface area (Å²) in [4.78, 5) is 24.2. The van der Waals surface area contributed by atoms with Crippen LogP contribution >= 0.6 is 0 Å².